The van der Waals surface area contributed by atoms with E-state index in [0.29, 0.717) is 0 Å². The predicted octanol–water partition coefficient (Wildman–Crippen LogP) is -0.403. The van der Waals surface area contributed by atoms with E-state index in [1.807, 2.05) is 0 Å². The quantitative estimate of drug-likeness (QED) is 0.566. The van der Waals surface area contributed by atoms with Crippen LogP contribution in [0.1, 0.15) is 0 Å². The van der Waals surface area contributed by atoms with Crippen LogP contribution < -0.4 is 5.43 Å². The number of nitrogens with one attached hydrogen (secondary N) is 1. The fourth-order valence-electron chi connectivity index (χ4n) is 0.498. The van der Waals surface area contributed by atoms with Gasteiger partial charge >= 0.3 is 0 Å². The molecule has 0 fully saturated rings. The maximum absolute atomic E-state index is 10.7. The van der Waals surface area contributed by atoms with Crippen LogP contribution in [0.15, 0.2) is 18.4 Å². The van der Waals surface area contributed by atoms with Crippen LogP contribution in [0.5, 0.6) is 0 Å². The molecule has 0 aliphatic carbocycles. The van der Waals surface area contributed by atoms with Crippen molar-refractivity contribution in [3.63, 3.8) is 0 Å². The summed E-state index contributed by atoms with van der Waals surface area (Å²) in [6, 6.07) is 0. The first-order chi connectivity index (χ1) is 4.61. The summed E-state index contributed by atoms with van der Waals surface area (Å²) < 4.78 is 22.4. The van der Waals surface area contributed by atoms with Crippen LogP contribution in [0.3, 0.4) is 0 Å². The van der Waals surface area contributed by atoms with Gasteiger partial charge in [-0.05, 0) is 12.2 Å². The van der Waals surface area contributed by atoms with E-state index < -0.39 is 10.0 Å². The molecule has 0 bridgehead atoms. The molecule has 1 aliphatic rings. The van der Waals surface area contributed by atoms with Crippen molar-refractivity contribution in [1.82, 2.24) is 9.84 Å². The van der Waals surface area contributed by atoms with Gasteiger partial charge in [-0.15, -0.1) is 0 Å². The van der Waals surface area contributed by atoms with Crippen molar-refractivity contribution in [3.05, 3.63) is 24.6 Å². The third kappa shape index (κ3) is 1.51. The molecule has 1 heterocycles. The molecule has 0 saturated carbocycles. The topological polar surface area (TPSA) is 49.4 Å². The van der Waals surface area contributed by atoms with Gasteiger partial charge in [0, 0.05) is 6.20 Å². The molecule has 10 heavy (non-hydrogen) atoms. The Labute approximate surface area is 59.9 Å². The monoisotopic (exact) mass is 159 g/mol. The summed E-state index contributed by atoms with van der Waals surface area (Å²) in [5.74, 6) is 0. The second-order valence-electron chi connectivity index (χ2n) is 1.81. The minimum absolute atomic E-state index is 0.910. The highest BCUT2D eigenvalue weighted by molar-refractivity contribution is 7.88. The first kappa shape index (κ1) is 7.14. The van der Waals surface area contributed by atoms with Gasteiger partial charge in [0.25, 0.3) is 0 Å². The Bertz CT molecular complexity index is 265. The summed E-state index contributed by atoms with van der Waals surface area (Å²) in [6.45, 7) is 0. The van der Waals surface area contributed by atoms with Crippen LogP contribution >= 0.6 is 0 Å². The molecule has 0 aromatic heterocycles. The second kappa shape index (κ2) is 2.34. The molecule has 4 nitrogen and oxygen atoms in total. The maximum Gasteiger partial charge on any atom is 0.249 e. The molecule has 0 amide bonds. The number of hydrazine groups is 1. The summed E-state index contributed by atoms with van der Waals surface area (Å²) in [7, 11) is -3.20. The van der Waals surface area contributed by atoms with E-state index >= 15 is 0 Å². The Balaban J connectivity index is 2.79. The summed E-state index contributed by atoms with van der Waals surface area (Å²) >= 11 is 0. The standard InChI is InChI=1S/C5H7N2O2S/c1-10(8,9)7-5-3-2-4-6-7/h2-4,6H,1H3. The third-order valence-corrected chi connectivity index (χ3v) is 1.78. The van der Waals surface area contributed by atoms with E-state index in [0.717, 1.165) is 10.7 Å². The molecule has 0 aromatic carbocycles. The summed E-state index contributed by atoms with van der Waals surface area (Å²) in [5, 5.41) is 0. The summed E-state index contributed by atoms with van der Waals surface area (Å²) in [5.41, 5.74) is 2.48. The number of allylic oxidation sites excluding steroid dienone is 2. The molecule has 1 radical (unpaired) electrons. The number of nitrogens with zero attached hydrogens (tertiary/aromatic N) is 1. The lowest BCUT2D eigenvalue weighted by Crippen LogP contribution is -2.35. The van der Waals surface area contributed by atoms with Crippen LogP contribution in [-0.2, 0) is 10.0 Å². The van der Waals surface area contributed by atoms with E-state index in [1.165, 1.54) is 12.3 Å². The van der Waals surface area contributed by atoms with Crippen LogP contribution in [0.25, 0.3) is 0 Å². The lowest BCUT2D eigenvalue weighted by molar-refractivity contribution is 0.442. The zero-order chi connectivity index (χ0) is 7.61. The van der Waals surface area contributed by atoms with Crippen molar-refractivity contribution in [3.8, 4) is 0 Å². The minimum Gasteiger partial charge on any atom is -0.292 e. The molecule has 55 valence electrons. The Morgan fingerprint density at radius 3 is 2.60 bits per heavy atom. The first-order valence-corrected chi connectivity index (χ1v) is 4.46. The van der Waals surface area contributed by atoms with Crippen LogP contribution in [0.2, 0.25) is 0 Å². The van der Waals surface area contributed by atoms with Gasteiger partial charge in [-0.25, -0.2) is 8.42 Å². The normalized spacial score (nSPS) is 17.1. The van der Waals surface area contributed by atoms with Crippen LogP contribution in [0.4, 0.5) is 0 Å². The summed E-state index contributed by atoms with van der Waals surface area (Å²) in [4.78, 5) is 0. The van der Waals surface area contributed by atoms with Crippen molar-refractivity contribution >= 4 is 10.0 Å². The Kier molecular flexibility index (Phi) is 1.67. The first-order valence-electron chi connectivity index (χ1n) is 2.62. The molecular weight excluding hydrogens is 152 g/mol. The number of sulfonamides is 1. The van der Waals surface area contributed by atoms with Gasteiger partial charge in [-0.3, -0.25) is 5.43 Å². The van der Waals surface area contributed by atoms with E-state index in [9.17, 15) is 8.42 Å². The predicted molar refractivity (Wildman–Crippen MR) is 36.8 cm³/mol. The summed E-state index contributed by atoms with van der Waals surface area (Å²) in [6.07, 6.45) is 8.26. The van der Waals surface area contributed by atoms with E-state index in [-0.39, 0.29) is 0 Å². The molecular formula is C5H7N2O2S. The SMILES string of the molecule is CS(=O)(=O)N1[C]=CC=CN1. The lowest BCUT2D eigenvalue weighted by Gasteiger charge is -2.17. The fourth-order valence-corrected chi connectivity index (χ4v) is 1.00. The molecule has 0 aromatic rings. The van der Waals surface area contributed by atoms with Crippen molar-refractivity contribution in [2.24, 2.45) is 0 Å². The smallest absolute Gasteiger partial charge is 0.249 e. The lowest BCUT2D eigenvalue weighted by atomic mass is 10.5. The Morgan fingerprint density at radius 1 is 1.60 bits per heavy atom. The van der Waals surface area contributed by atoms with Gasteiger partial charge in [-0.1, -0.05) is 0 Å². The van der Waals surface area contributed by atoms with Gasteiger partial charge in [0.1, 0.15) is 6.20 Å². The van der Waals surface area contributed by atoms with Crippen molar-refractivity contribution in [1.29, 1.82) is 0 Å². The third-order valence-electron chi connectivity index (χ3n) is 0.908. The van der Waals surface area contributed by atoms with E-state index in [1.54, 1.807) is 6.08 Å². The molecule has 1 aliphatic heterocycles. The van der Waals surface area contributed by atoms with Gasteiger partial charge < -0.3 is 0 Å². The largest absolute Gasteiger partial charge is 0.292 e. The van der Waals surface area contributed by atoms with Gasteiger partial charge in [-0.2, -0.15) is 4.41 Å². The van der Waals surface area contributed by atoms with E-state index in [4.69, 9.17) is 0 Å². The van der Waals surface area contributed by atoms with Gasteiger partial charge in [0.2, 0.25) is 10.0 Å². The zero-order valence-electron chi connectivity index (χ0n) is 5.40. The van der Waals surface area contributed by atoms with Gasteiger partial charge in [0.15, 0.2) is 0 Å². The number of hydrogen-bond acceptors (Lipinski definition) is 3. The molecule has 0 saturated heterocycles. The Morgan fingerprint density at radius 2 is 2.30 bits per heavy atom. The van der Waals surface area contributed by atoms with Crippen molar-refractivity contribution in [2.75, 3.05) is 6.26 Å². The zero-order valence-corrected chi connectivity index (χ0v) is 6.22. The van der Waals surface area contributed by atoms with Gasteiger partial charge in [0.05, 0.1) is 6.26 Å². The van der Waals surface area contributed by atoms with Crippen molar-refractivity contribution < 1.29 is 8.42 Å². The second-order valence-corrected chi connectivity index (χ2v) is 3.64. The van der Waals surface area contributed by atoms with Crippen molar-refractivity contribution in [2.45, 2.75) is 0 Å². The highest BCUT2D eigenvalue weighted by Crippen LogP contribution is 1.96. The molecule has 0 atom stereocenters. The molecule has 0 spiro atoms. The van der Waals surface area contributed by atoms with Crippen LogP contribution in [-0.4, -0.2) is 19.1 Å². The number of hydrogen-bond donors (Lipinski definition) is 1. The van der Waals surface area contributed by atoms with E-state index in [2.05, 4.69) is 11.6 Å². The molecule has 1 N–H and O–H groups in total. The van der Waals surface area contributed by atoms with Crippen LogP contribution in [0, 0.1) is 6.20 Å². The highest BCUT2D eigenvalue weighted by Gasteiger charge is 2.10. The average molecular weight is 159 g/mol. The maximum atomic E-state index is 10.7. The molecule has 5 heteroatoms. The highest BCUT2D eigenvalue weighted by atomic mass is 32.2. The molecule has 1 rings (SSSR count). The number of rotatable bonds is 1. The average Bonchev–Trinajstić information content (AvgIpc) is 1.88. The Hall–Kier alpha value is -0.970. The molecule has 0 unspecified atom stereocenters. The fraction of sp³-hybridized carbons (Fsp3) is 0.200. The minimum atomic E-state index is -3.20.